The molecular weight excluding hydrogens is 376 g/mol. The first-order valence-corrected chi connectivity index (χ1v) is 9.30. The minimum atomic E-state index is -0.271. The molecule has 0 radical (unpaired) electrons. The molecule has 2 aromatic rings. The van der Waals surface area contributed by atoms with Gasteiger partial charge in [-0.15, -0.1) is 0 Å². The van der Waals surface area contributed by atoms with Crippen molar-refractivity contribution in [1.82, 2.24) is 0 Å². The number of nitrogens with one attached hydrogen (secondary N) is 1. The molecule has 0 heterocycles. The van der Waals surface area contributed by atoms with Crippen LogP contribution in [0.4, 0.5) is 17.1 Å². The SMILES string of the molecule is CN(C)c1c(Cl)cccc1NC(=O)CCC(=O)N(CCC#N)c1ccccc1. The highest BCUT2D eigenvalue weighted by Gasteiger charge is 2.18. The molecule has 0 aliphatic rings. The van der Waals surface area contributed by atoms with Gasteiger partial charge in [0.15, 0.2) is 0 Å². The van der Waals surface area contributed by atoms with Gasteiger partial charge in [0.05, 0.1) is 28.9 Å². The lowest BCUT2D eigenvalue weighted by atomic mass is 10.2. The molecule has 0 bridgehead atoms. The van der Waals surface area contributed by atoms with Gasteiger partial charge >= 0.3 is 0 Å². The van der Waals surface area contributed by atoms with Crippen molar-refractivity contribution in [3.8, 4) is 6.07 Å². The first-order valence-electron chi connectivity index (χ1n) is 8.92. The van der Waals surface area contributed by atoms with Crippen LogP contribution in [0, 0.1) is 11.3 Å². The zero-order chi connectivity index (χ0) is 20.5. The van der Waals surface area contributed by atoms with E-state index in [0.29, 0.717) is 28.6 Å². The molecule has 0 unspecified atom stereocenters. The van der Waals surface area contributed by atoms with Gasteiger partial charge in [0.2, 0.25) is 11.8 Å². The van der Waals surface area contributed by atoms with E-state index in [0.717, 1.165) is 0 Å². The van der Waals surface area contributed by atoms with E-state index in [1.165, 1.54) is 0 Å². The number of nitrogens with zero attached hydrogens (tertiary/aromatic N) is 3. The van der Waals surface area contributed by atoms with Crippen LogP contribution in [0.2, 0.25) is 5.02 Å². The molecule has 0 fully saturated rings. The van der Waals surface area contributed by atoms with E-state index in [1.807, 2.05) is 49.3 Å². The van der Waals surface area contributed by atoms with Crippen LogP contribution in [0.15, 0.2) is 48.5 Å². The summed E-state index contributed by atoms with van der Waals surface area (Å²) in [6.45, 7) is 0.292. The number of para-hydroxylation sites is 2. The minimum Gasteiger partial charge on any atom is -0.375 e. The first-order chi connectivity index (χ1) is 13.4. The first kappa shape index (κ1) is 21.3. The lowest BCUT2D eigenvalue weighted by molar-refractivity contribution is -0.122. The van der Waals surface area contributed by atoms with Crippen molar-refractivity contribution in [2.75, 3.05) is 35.8 Å². The highest BCUT2D eigenvalue weighted by atomic mass is 35.5. The third-order valence-electron chi connectivity index (χ3n) is 4.09. The molecule has 0 aromatic heterocycles. The van der Waals surface area contributed by atoms with Crippen LogP contribution in [0.1, 0.15) is 19.3 Å². The number of rotatable bonds is 8. The quantitative estimate of drug-likeness (QED) is 0.727. The summed E-state index contributed by atoms with van der Waals surface area (Å²) >= 11 is 6.21. The summed E-state index contributed by atoms with van der Waals surface area (Å²) in [4.78, 5) is 28.4. The van der Waals surface area contributed by atoms with Crippen LogP contribution in [0.3, 0.4) is 0 Å². The van der Waals surface area contributed by atoms with Crippen LogP contribution < -0.4 is 15.1 Å². The molecule has 1 N–H and O–H groups in total. The molecule has 146 valence electrons. The zero-order valence-corrected chi connectivity index (χ0v) is 16.7. The Hall–Kier alpha value is -3.04. The van der Waals surface area contributed by atoms with E-state index in [4.69, 9.17) is 16.9 Å². The zero-order valence-electron chi connectivity index (χ0n) is 16.0. The fourth-order valence-corrected chi connectivity index (χ4v) is 3.15. The average Bonchev–Trinajstić information content (AvgIpc) is 2.67. The maximum atomic E-state index is 12.6. The summed E-state index contributed by atoms with van der Waals surface area (Å²) in [6.07, 6.45) is 0.305. The van der Waals surface area contributed by atoms with Crippen molar-refractivity contribution in [1.29, 1.82) is 5.26 Å². The second kappa shape index (κ2) is 10.3. The lowest BCUT2D eigenvalue weighted by Gasteiger charge is -2.22. The Morgan fingerprint density at radius 1 is 1.07 bits per heavy atom. The molecule has 6 nitrogen and oxygen atoms in total. The van der Waals surface area contributed by atoms with Gasteiger partial charge in [0, 0.05) is 39.2 Å². The largest absolute Gasteiger partial charge is 0.375 e. The molecule has 2 amide bonds. The van der Waals surface area contributed by atoms with Crippen LogP contribution in [0.25, 0.3) is 0 Å². The summed E-state index contributed by atoms with van der Waals surface area (Å²) in [6, 6.07) is 16.5. The van der Waals surface area contributed by atoms with E-state index in [2.05, 4.69) is 11.4 Å². The second-order valence-electron chi connectivity index (χ2n) is 6.37. The van der Waals surface area contributed by atoms with Gasteiger partial charge in [0.1, 0.15) is 0 Å². The summed E-state index contributed by atoms with van der Waals surface area (Å²) in [5, 5.41) is 12.2. The molecule has 28 heavy (non-hydrogen) atoms. The molecule has 2 aromatic carbocycles. The number of carbonyl (C=O) groups is 2. The van der Waals surface area contributed by atoms with Gasteiger partial charge in [-0.1, -0.05) is 35.9 Å². The Morgan fingerprint density at radius 3 is 2.43 bits per heavy atom. The Labute approximate surface area is 170 Å². The summed E-state index contributed by atoms with van der Waals surface area (Å²) < 4.78 is 0. The van der Waals surface area contributed by atoms with E-state index in [-0.39, 0.29) is 31.1 Å². The van der Waals surface area contributed by atoms with Gasteiger partial charge in [-0.05, 0) is 24.3 Å². The molecule has 2 rings (SSSR count). The highest BCUT2D eigenvalue weighted by Crippen LogP contribution is 2.32. The third kappa shape index (κ3) is 5.73. The maximum Gasteiger partial charge on any atom is 0.227 e. The van der Waals surface area contributed by atoms with Gasteiger partial charge in [-0.3, -0.25) is 9.59 Å². The molecule has 0 aliphatic carbocycles. The lowest BCUT2D eigenvalue weighted by Crippen LogP contribution is -2.32. The third-order valence-corrected chi connectivity index (χ3v) is 4.40. The number of anilines is 3. The predicted octanol–water partition coefficient (Wildman–Crippen LogP) is 4.07. The van der Waals surface area contributed by atoms with E-state index in [1.54, 1.807) is 23.1 Å². The standard InChI is InChI=1S/C21H23ClN4O2/c1-25(2)21-17(22)10-6-11-18(21)24-19(27)12-13-20(28)26(15-7-14-23)16-8-4-3-5-9-16/h3-6,8-11H,7,12-13,15H2,1-2H3,(H,24,27). The topological polar surface area (TPSA) is 76.4 Å². The number of benzene rings is 2. The Morgan fingerprint density at radius 2 is 1.79 bits per heavy atom. The summed E-state index contributed by atoms with van der Waals surface area (Å²) in [5.41, 5.74) is 2.02. The number of nitriles is 1. The average molecular weight is 399 g/mol. The second-order valence-corrected chi connectivity index (χ2v) is 6.77. The van der Waals surface area contributed by atoms with Crippen LogP contribution in [-0.2, 0) is 9.59 Å². The van der Waals surface area contributed by atoms with Crippen molar-refractivity contribution in [3.63, 3.8) is 0 Å². The van der Waals surface area contributed by atoms with Crippen molar-refractivity contribution < 1.29 is 9.59 Å². The van der Waals surface area contributed by atoms with Crippen LogP contribution in [0.5, 0.6) is 0 Å². The smallest absolute Gasteiger partial charge is 0.227 e. The van der Waals surface area contributed by atoms with Crippen molar-refractivity contribution >= 4 is 40.5 Å². The normalized spacial score (nSPS) is 10.1. The van der Waals surface area contributed by atoms with Crippen molar-refractivity contribution in [2.24, 2.45) is 0 Å². The highest BCUT2D eigenvalue weighted by molar-refractivity contribution is 6.34. The molecule has 0 spiro atoms. The number of carbonyl (C=O) groups excluding carboxylic acids is 2. The van der Waals surface area contributed by atoms with Gasteiger partial charge in [-0.2, -0.15) is 5.26 Å². The molecule has 0 saturated heterocycles. The van der Waals surface area contributed by atoms with Crippen molar-refractivity contribution in [3.05, 3.63) is 53.6 Å². The number of hydrogen-bond acceptors (Lipinski definition) is 4. The van der Waals surface area contributed by atoms with Gasteiger partial charge < -0.3 is 15.1 Å². The summed E-state index contributed by atoms with van der Waals surface area (Å²) in [5.74, 6) is -0.470. The summed E-state index contributed by atoms with van der Waals surface area (Å²) in [7, 11) is 3.68. The maximum absolute atomic E-state index is 12.6. The van der Waals surface area contributed by atoms with E-state index < -0.39 is 0 Å². The molecule has 0 atom stereocenters. The molecule has 7 heteroatoms. The molecular formula is C21H23ClN4O2. The van der Waals surface area contributed by atoms with Crippen molar-refractivity contribution in [2.45, 2.75) is 19.3 Å². The van der Waals surface area contributed by atoms with E-state index in [9.17, 15) is 9.59 Å². The van der Waals surface area contributed by atoms with Crippen LogP contribution >= 0.6 is 11.6 Å². The predicted molar refractivity (Wildman–Crippen MR) is 113 cm³/mol. The number of amides is 2. The Balaban J connectivity index is 2.02. The fraction of sp³-hybridized carbons (Fsp3) is 0.286. The fourth-order valence-electron chi connectivity index (χ4n) is 2.81. The molecule has 0 saturated carbocycles. The van der Waals surface area contributed by atoms with E-state index >= 15 is 0 Å². The van der Waals surface area contributed by atoms with Gasteiger partial charge in [0.25, 0.3) is 0 Å². The van der Waals surface area contributed by atoms with Crippen LogP contribution in [-0.4, -0.2) is 32.5 Å². The molecule has 0 aliphatic heterocycles. The van der Waals surface area contributed by atoms with Gasteiger partial charge in [-0.25, -0.2) is 0 Å². The number of halogens is 1. The Bertz CT molecular complexity index is 862. The number of hydrogen-bond donors (Lipinski definition) is 1. The minimum absolute atomic E-state index is 0.0358. The Kier molecular flexibility index (Phi) is 7.85. The monoisotopic (exact) mass is 398 g/mol.